The smallest absolute Gasteiger partial charge is 0.134 e. The molecule has 3 heteroatoms. The van der Waals surface area contributed by atoms with E-state index in [1.165, 1.54) is 36.4 Å². The van der Waals surface area contributed by atoms with Crippen LogP contribution in [0, 0.1) is 17.5 Å². The number of benzene rings is 3. The minimum atomic E-state index is -0.669. The van der Waals surface area contributed by atoms with Gasteiger partial charge in [0.05, 0.1) is 5.56 Å². The molecule has 0 aliphatic heterocycles. The SMILES string of the molecule is C=CCCc1ccc(-c2cc(F)c(-c3ccc(F)cc3)c(F)c2)cc1. The molecule has 0 saturated heterocycles. The van der Waals surface area contributed by atoms with Crippen LogP contribution in [-0.4, -0.2) is 0 Å². The van der Waals surface area contributed by atoms with Crippen LogP contribution in [0.15, 0.2) is 73.3 Å². The Bertz CT molecular complexity index is 855. The number of rotatable bonds is 5. The highest BCUT2D eigenvalue weighted by Crippen LogP contribution is 2.31. The number of aryl methyl sites for hydroxylation is 1. The van der Waals surface area contributed by atoms with Gasteiger partial charge < -0.3 is 0 Å². The Morgan fingerprint density at radius 1 is 0.720 bits per heavy atom. The van der Waals surface area contributed by atoms with Crippen molar-refractivity contribution < 1.29 is 13.2 Å². The molecule has 0 unspecified atom stereocenters. The third-order valence-electron chi connectivity index (χ3n) is 4.10. The molecule has 25 heavy (non-hydrogen) atoms. The lowest BCUT2D eigenvalue weighted by Gasteiger charge is -2.09. The highest BCUT2D eigenvalue weighted by atomic mass is 19.1. The molecule has 126 valence electrons. The Labute approximate surface area is 145 Å². The second kappa shape index (κ2) is 7.39. The molecule has 0 saturated carbocycles. The number of halogens is 3. The first kappa shape index (κ1) is 17.0. The van der Waals surface area contributed by atoms with Gasteiger partial charge in [-0.1, -0.05) is 42.5 Å². The topological polar surface area (TPSA) is 0 Å². The quantitative estimate of drug-likeness (QED) is 0.462. The first-order valence-corrected chi connectivity index (χ1v) is 8.03. The van der Waals surface area contributed by atoms with E-state index >= 15 is 0 Å². The monoisotopic (exact) mass is 338 g/mol. The second-order valence-corrected chi connectivity index (χ2v) is 5.85. The van der Waals surface area contributed by atoms with Gasteiger partial charge >= 0.3 is 0 Å². The predicted octanol–water partition coefficient (Wildman–Crippen LogP) is 6.56. The lowest BCUT2D eigenvalue weighted by Crippen LogP contribution is -1.93. The molecule has 0 amide bonds. The van der Waals surface area contributed by atoms with E-state index in [2.05, 4.69) is 6.58 Å². The summed E-state index contributed by atoms with van der Waals surface area (Å²) >= 11 is 0. The van der Waals surface area contributed by atoms with Crippen molar-refractivity contribution >= 4 is 0 Å². The summed E-state index contributed by atoms with van der Waals surface area (Å²) in [7, 11) is 0. The summed E-state index contributed by atoms with van der Waals surface area (Å²) in [4.78, 5) is 0. The first-order valence-electron chi connectivity index (χ1n) is 8.03. The number of hydrogen-bond donors (Lipinski definition) is 0. The molecule has 0 aliphatic rings. The molecule has 0 spiro atoms. The minimum absolute atomic E-state index is 0.147. The van der Waals surface area contributed by atoms with Gasteiger partial charge in [-0.25, -0.2) is 13.2 Å². The molecular formula is C22H17F3. The molecule has 0 N–H and O–H groups in total. The fraction of sp³-hybridized carbons (Fsp3) is 0.0909. The van der Waals surface area contributed by atoms with Crippen molar-refractivity contribution in [3.63, 3.8) is 0 Å². The summed E-state index contributed by atoms with van der Waals surface area (Å²) in [6.45, 7) is 3.69. The Balaban J connectivity index is 1.94. The van der Waals surface area contributed by atoms with Gasteiger partial charge in [-0.05, 0) is 59.4 Å². The van der Waals surface area contributed by atoms with E-state index in [-0.39, 0.29) is 5.56 Å². The summed E-state index contributed by atoms with van der Waals surface area (Å²) in [6, 6.07) is 15.3. The molecule has 3 aromatic rings. The predicted molar refractivity (Wildman–Crippen MR) is 95.7 cm³/mol. The Hall–Kier alpha value is -2.81. The third-order valence-corrected chi connectivity index (χ3v) is 4.10. The first-order chi connectivity index (χ1) is 12.1. The van der Waals surface area contributed by atoms with Gasteiger partial charge in [0.15, 0.2) is 0 Å². The van der Waals surface area contributed by atoms with E-state index in [9.17, 15) is 13.2 Å². The average molecular weight is 338 g/mol. The molecule has 0 atom stereocenters. The molecule has 0 nitrogen and oxygen atoms in total. The molecule has 0 radical (unpaired) electrons. The van der Waals surface area contributed by atoms with Crippen LogP contribution in [0.5, 0.6) is 0 Å². The normalized spacial score (nSPS) is 10.7. The van der Waals surface area contributed by atoms with Crippen LogP contribution in [0.1, 0.15) is 12.0 Å². The van der Waals surface area contributed by atoms with Crippen LogP contribution in [0.4, 0.5) is 13.2 Å². The van der Waals surface area contributed by atoms with Gasteiger partial charge in [-0.3, -0.25) is 0 Å². The third kappa shape index (κ3) is 3.82. The fourth-order valence-electron chi connectivity index (χ4n) is 2.76. The zero-order valence-corrected chi connectivity index (χ0v) is 13.6. The summed E-state index contributed by atoms with van der Waals surface area (Å²) in [5.74, 6) is -1.78. The maximum Gasteiger partial charge on any atom is 0.134 e. The van der Waals surface area contributed by atoms with Crippen molar-refractivity contribution in [3.05, 3.63) is 96.3 Å². The minimum Gasteiger partial charge on any atom is -0.207 e. The lowest BCUT2D eigenvalue weighted by molar-refractivity contribution is 0.590. The van der Waals surface area contributed by atoms with Crippen molar-refractivity contribution in [1.29, 1.82) is 0 Å². The summed E-state index contributed by atoms with van der Waals surface area (Å²) in [5, 5.41) is 0. The van der Waals surface area contributed by atoms with E-state index in [1.807, 2.05) is 30.3 Å². The van der Waals surface area contributed by atoms with Gasteiger partial charge in [-0.2, -0.15) is 0 Å². The van der Waals surface area contributed by atoms with Gasteiger partial charge in [0.25, 0.3) is 0 Å². The maximum absolute atomic E-state index is 14.5. The second-order valence-electron chi connectivity index (χ2n) is 5.85. The molecule has 3 aromatic carbocycles. The van der Waals surface area contributed by atoms with Crippen LogP contribution in [0.25, 0.3) is 22.3 Å². The molecule has 0 aromatic heterocycles. The largest absolute Gasteiger partial charge is 0.207 e. The van der Waals surface area contributed by atoms with E-state index in [0.717, 1.165) is 24.0 Å². The standard InChI is InChI=1S/C22H17F3/c1-2-3-4-15-5-7-16(8-6-15)18-13-20(24)22(21(25)14-18)17-9-11-19(23)12-10-17/h2,5-14H,1,3-4H2. The zero-order chi connectivity index (χ0) is 17.8. The molecule has 3 rings (SSSR count). The maximum atomic E-state index is 14.5. The number of allylic oxidation sites excluding steroid dienone is 1. The van der Waals surface area contributed by atoms with Crippen molar-refractivity contribution in [2.45, 2.75) is 12.8 Å². The Kier molecular flexibility index (Phi) is 5.03. The van der Waals surface area contributed by atoms with Crippen molar-refractivity contribution in [1.82, 2.24) is 0 Å². The van der Waals surface area contributed by atoms with Crippen molar-refractivity contribution in [3.8, 4) is 22.3 Å². The van der Waals surface area contributed by atoms with Crippen LogP contribution < -0.4 is 0 Å². The van der Waals surface area contributed by atoms with E-state index in [0.29, 0.717) is 11.1 Å². The Morgan fingerprint density at radius 3 is 1.84 bits per heavy atom. The molecule has 0 aliphatic carbocycles. The zero-order valence-electron chi connectivity index (χ0n) is 13.6. The van der Waals surface area contributed by atoms with Crippen LogP contribution in [0.2, 0.25) is 0 Å². The Morgan fingerprint density at radius 2 is 1.28 bits per heavy atom. The molecular weight excluding hydrogens is 321 g/mol. The number of hydrogen-bond acceptors (Lipinski definition) is 0. The summed E-state index contributed by atoms with van der Waals surface area (Å²) in [5.41, 5.74) is 2.52. The molecule has 0 heterocycles. The van der Waals surface area contributed by atoms with Crippen molar-refractivity contribution in [2.75, 3.05) is 0 Å². The highest BCUT2D eigenvalue weighted by Gasteiger charge is 2.14. The average Bonchev–Trinajstić information content (AvgIpc) is 2.61. The lowest BCUT2D eigenvalue weighted by atomic mass is 9.97. The van der Waals surface area contributed by atoms with Crippen LogP contribution >= 0.6 is 0 Å². The van der Waals surface area contributed by atoms with Gasteiger partial charge in [-0.15, -0.1) is 6.58 Å². The van der Waals surface area contributed by atoms with Crippen LogP contribution in [0.3, 0.4) is 0 Å². The van der Waals surface area contributed by atoms with E-state index in [1.54, 1.807) is 0 Å². The van der Waals surface area contributed by atoms with Gasteiger partial charge in [0, 0.05) is 0 Å². The molecule has 0 fully saturated rings. The van der Waals surface area contributed by atoms with Gasteiger partial charge in [0.1, 0.15) is 17.5 Å². The fourth-order valence-corrected chi connectivity index (χ4v) is 2.76. The van der Waals surface area contributed by atoms with E-state index < -0.39 is 17.5 Å². The van der Waals surface area contributed by atoms with Crippen LogP contribution in [-0.2, 0) is 6.42 Å². The van der Waals surface area contributed by atoms with Crippen molar-refractivity contribution in [2.24, 2.45) is 0 Å². The highest BCUT2D eigenvalue weighted by molar-refractivity contribution is 5.71. The molecule has 0 bridgehead atoms. The van der Waals surface area contributed by atoms with E-state index in [4.69, 9.17) is 0 Å². The summed E-state index contributed by atoms with van der Waals surface area (Å²) < 4.78 is 42.0. The summed E-state index contributed by atoms with van der Waals surface area (Å²) in [6.07, 6.45) is 3.62. The van der Waals surface area contributed by atoms with Gasteiger partial charge in [0.2, 0.25) is 0 Å².